The molecule has 0 amide bonds. The molecule has 0 saturated carbocycles. The Kier molecular flexibility index (Phi) is 6.74. The molecular weight excluding hydrogens is 332 g/mol. The zero-order valence-electron chi connectivity index (χ0n) is 17.7. The largest absolute Gasteiger partial charge is 0.388 e. The van der Waals surface area contributed by atoms with Crippen LogP contribution in [0.2, 0.25) is 0 Å². The molecule has 0 saturated heterocycles. The van der Waals surface area contributed by atoms with Crippen LogP contribution in [0.15, 0.2) is 42.0 Å². The summed E-state index contributed by atoms with van der Waals surface area (Å²) < 4.78 is 0. The van der Waals surface area contributed by atoms with E-state index in [1.807, 2.05) is 19.0 Å². The highest BCUT2D eigenvalue weighted by molar-refractivity contribution is 5.81. The Labute approximate surface area is 165 Å². The summed E-state index contributed by atoms with van der Waals surface area (Å²) in [6.45, 7) is 15.2. The maximum Gasteiger partial charge on any atom is 0.196 e. The third kappa shape index (κ3) is 4.94. The van der Waals surface area contributed by atoms with Gasteiger partial charge in [-0.1, -0.05) is 45.9 Å². The number of hydrogen-bond acceptors (Lipinski definition) is 4. The molecule has 4 nitrogen and oxygen atoms in total. The Morgan fingerprint density at radius 1 is 1.37 bits per heavy atom. The second-order valence-electron chi connectivity index (χ2n) is 8.30. The number of nitrogens with one attached hydrogen (secondary N) is 1. The first-order valence-electron chi connectivity index (χ1n) is 9.95. The van der Waals surface area contributed by atoms with Crippen LogP contribution in [0.1, 0.15) is 64.0 Å². The summed E-state index contributed by atoms with van der Waals surface area (Å²) in [6.07, 6.45) is 5.46. The number of anilines is 1. The minimum absolute atomic E-state index is 0.396. The highest BCUT2D eigenvalue weighted by Gasteiger charge is 2.33. The fourth-order valence-corrected chi connectivity index (χ4v) is 3.63. The molecule has 4 heteroatoms. The number of guanidine groups is 1. The van der Waals surface area contributed by atoms with Crippen LogP contribution in [0.25, 0.3) is 5.57 Å². The van der Waals surface area contributed by atoms with Crippen LogP contribution in [-0.4, -0.2) is 25.0 Å². The van der Waals surface area contributed by atoms with Crippen molar-refractivity contribution in [3.63, 3.8) is 0 Å². The van der Waals surface area contributed by atoms with Crippen LogP contribution < -0.4 is 11.1 Å². The summed E-state index contributed by atoms with van der Waals surface area (Å²) in [5.41, 5.74) is 11.3. The summed E-state index contributed by atoms with van der Waals surface area (Å²) in [5.74, 6) is 1.27. The number of nitrogens with zero attached hydrogens (tertiary/aromatic N) is 2. The van der Waals surface area contributed by atoms with E-state index < -0.39 is 5.54 Å². The van der Waals surface area contributed by atoms with Gasteiger partial charge < -0.3 is 16.0 Å². The average molecular weight is 369 g/mol. The molecule has 0 aromatic heterocycles. The Hall–Kier alpha value is -2.23. The van der Waals surface area contributed by atoms with Gasteiger partial charge in [0.05, 0.1) is 5.54 Å². The topological polar surface area (TPSA) is 53.6 Å². The zero-order valence-corrected chi connectivity index (χ0v) is 17.7. The molecule has 1 atom stereocenters. The van der Waals surface area contributed by atoms with Gasteiger partial charge in [-0.05, 0) is 49.0 Å². The van der Waals surface area contributed by atoms with Crippen LogP contribution in [0.5, 0.6) is 0 Å². The number of unbranched alkanes of at least 4 members (excludes halogenated alkanes) is 1. The molecule has 0 spiro atoms. The second kappa shape index (κ2) is 8.64. The molecule has 1 heterocycles. The van der Waals surface area contributed by atoms with Crippen LogP contribution in [-0.2, 0) is 5.54 Å². The normalized spacial score (nSPS) is 20.0. The van der Waals surface area contributed by atoms with E-state index in [-0.39, 0.29) is 0 Å². The molecule has 1 aliphatic rings. The molecule has 0 aliphatic carbocycles. The lowest BCUT2D eigenvalue weighted by Crippen LogP contribution is -2.42. The van der Waals surface area contributed by atoms with Gasteiger partial charge in [-0.2, -0.15) is 0 Å². The molecule has 2 rings (SSSR count). The molecule has 3 N–H and O–H groups in total. The van der Waals surface area contributed by atoms with Crippen molar-refractivity contribution in [2.45, 2.75) is 58.4 Å². The van der Waals surface area contributed by atoms with Gasteiger partial charge in [0.25, 0.3) is 0 Å². The number of hydrogen-bond donors (Lipinski definition) is 2. The Morgan fingerprint density at radius 2 is 2.07 bits per heavy atom. The van der Waals surface area contributed by atoms with Gasteiger partial charge in [-0.25, -0.2) is 4.99 Å². The Balaban J connectivity index is 2.27. The molecule has 0 fully saturated rings. The highest BCUT2D eigenvalue weighted by Crippen LogP contribution is 2.39. The van der Waals surface area contributed by atoms with E-state index in [0.29, 0.717) is 5.96 Å². The smallest absolute Gasteiger partial charge is 0.196 e. The van der Waals surface area contributed by atoms with Gasteiger partial charge in [-0.3, -0.25) is 0 Å². The Bertz CT molecular complexity index is 732. The number of rotatable bonds is 8. The van der Waals surface area contributed by atoms with Crippen molar-refractivity contribution in [1.82, 2.24) is 4.90 Å². The molecule has 0 unspecified atom stereocenters. The van der Waals surface area contributed by atoms with Crippen molar-refractivity contribution in [2.24, 2.45) is 16.6 Å². The van der Waals surface area contributed by atoms with Gasteiger partial charge in [0.2, 0.25) is 0 Å². The lowest BCUT2D eigenvalue weighted by molar-refractivity contribution is 0.400. The number of benzene rings is 1. The zero-order chi connectivity index (χ0) is 20.2. The molecule has 1 aliphatic heterocycles. The first-order valence-corrected chi connectivity index (χ1v) is 9.95. The maximum absolute atomic E-state index is 6.13. The highest BCUT2D eigenvalue weighted by atomic mass is 15.3. The number of nitrogens with two attached hydrogens (primary N) is 1. The fraction of sp³-hybridized carbons (Fsp3) is 0.522. The first-order chi connectivity index (χ1) is 12.7. The summed E-state index contributed by atoms with van der Waals surface area (Å²) in [6, 6.07) is 6.49. The third-order valence-electron chi connectivity index (χ3n) is 5.53. The quantitative estimate of drug-likeness (QED) is 0.609. The molecule has 1 aromatic carbocycles. The summed E-state index contributed by atoms with van der Waals surface area (Å²) in [4.78, 5) is 6.64. The first kappa shape index (κ1) is 21.1. The van der Waals surface area contributed by atoms with E-state index in [4.69, 9.17) is 10.7 Å². The second-order valence-corrected chi connectivity index (χ2v) is 8.30. The standard InChI is InChI=1S/C23H36N4/c1-16(2)10-8-9-11-17(3)20-14-19(12-13-21(20)25-6)23(5)15-18(4)27(7)22(24)26-23/h12-14,16,25H,3-4,8-11,15H2,1-2,5-7H3,(H2,24,26)/t23-/m0/s1. The van der Waals surface area contributed by atoms with Crippen LogP contribution >= 0.6 is 0 Å². The SMILES string of the molecule is C=C(CCCCC(C)C)c1cc([C@]2(C)CC(=C)N(C)C(N)=N2)ccc1NC. The van der Waals surface area contributed by atoms with Crippen molar-refractivity contribution in [3.05, 3.63) is 48.2 Å². The fourth-order valence-electron chi connectivity index (χ4n) is 3.63. The predicted molar refractivity (Wildman–Crippen MR) is 119 cm³/mol. The average Bonchev–Trinajstić information content (AvgIpc) is 2.62. The van der Waals surface area contributed by atoms with Crippen molar-refractivity contribution < 1.29 is 0 Å². The molecular formula is C23H36N4. The molecule has 148 valence electrons. The molecule has 1 aromatic rings. The van der Waals surface area contributed by atoms with Gasteiger partial charge in [0, 0.05) is 37.5 Å². The van der Waals surface area contributed by atoms with Crippen LogP contribution in [0.3, 0.4) is 0 Å². The molecule has 27 heavy (non-hydrogen) atoms. The Morgan fingerprint density at radius 3 is 2.67 bits per heavy atom. The lowest BCUT2D eigenvalue weighted by Gasteiger charge is -2.37. The summed E-state index contributed by atoms with van der Waals surface area (Å²) in [7, 11) is 3.87. The van der Waals surface area contributed by atoms with Crippen LogP contribution in [0, 0.1) is 5.92 Å². The minimum atomic E-state index is -0.396. The molecule has 0 bridgehead atoms. The monoisotopic (exact) mass is 368 g/mol. The lowest BCUT2D eigenvalue weighted by atomic mass is 9.84. The van der Waals surface area contributed by atoms with E-state index in [2.05, 4.69) is 57.4 Å². The van der Waals surface area contributed by atoms with Gasteiger partial charge in [-0.15, -0.1) is 0 Å². The van der Waals surface area contributed by atoms with Crippen molar-refractivity contribution in [1.29, 1.82) is 0 Å². The van der Waals surface area contributed by atoms with Crippen molar-refractivity contribution >= 4 is 17.2 Å². The molecule has 0 radical (unpaired) electrons. The van der Waals surface area contributed by atoms with E-state index >= 15 is 0 Å². The number of allylic oxidation sites excluding steroid dienone is 1. The van der Waals surface area contributed by atoms with Crippen molar-refractivity contribution in [3.8, 4) is 0 Å². The van der Waals surface area contributed by atoms with Crippen LogP contribution in [0.4, 0.5) is 5.69 Å². The van der Waals surface area contributed by atoms with Gasteiger partial charge >= 0.3 is 0 Å². The summed E-state index contributed by atoms with van der Waals surface area (Å²) >= 11 is 0. The predicted octanol–water partition coefficient (Wildman–Crippen LogP) is 5.34. The third-order valence-corrected chi connectivity index (χ3v) is 5.53. The van der Waals surface area contributed by atoms with E-state index in [1.54, 1.807) is 0 Å². The maximum atomic E-state index is 6.13. The van der Waals surface area contributed by atoms with Gasteiger partial charge in [0.15, 0.2) is 5.96 Å². The number of aliphatic imine (C=N–C) groups is 1. The minimum Gasteiger partial charge on any atom is -0.388 e. The van der Waals surface area contributed by atoms with E-state index in [0.717, 1.165) is 35.7 Å². The van der Waals surface area contributed by atoms with E-state index in [1.165, 1.54) is 30.4 Å². The van der Waals surface area contributed by atoms with E-state index in [9.17, 15) is 0 Å². The summed E-state index contributed by atoms with van der Waals surface area (Å²) in [5, 5.41) is 3.31. The van der Waals surface area contributed by atoms with Crippen molar-refractivity contribution in [2.75, 3.05) is 19.4 Å². The van der Waals surface area contributed by atoms with Gasteiger partial charge in [0.1, 0.15) is 0 Å².